The van der Waals surface area contributed by atoms with Crippen molar-refractivity contribution in [2.45, 2.75) is 19.4 Å². The molecule has 1 atom stereocenters. The average molecular weight is 358 g/mol. The first-order valence-electron chi connectivity index (χ1n) is 8.49. The van der Waals surface area contributed by atoms with Crippen LogP contribution in [0.2, 0.25) is 0 Å². The third kappa shape index (κ3) is 5.67. The Morgan fingerprint density at radius 2 is 1.62 bits per heavy atom. The van der Waals surface area contributed by atoms with Crippen molar-refractivity contribution in [1.82, 2.24) is 5.32 Å². The van der Waals surface area contributed by atoms with E-state index in [9.17, 15) is 4.79 Å². The number of benzene rings is 2. The SMILES string of the molecule is COc1cc(OC)cc(OCCCNC(=O)C(N)c2ccc(C)cc2)c1. The number of carbonyl (C=O) groups excluding carboxylic acids is 1. The molecule has 3 N–H and O–H groups in total. The number of hydrogen-bond donors (Lipinski definition) is 2. The third-order valence-corrected chi connectivity index (χ3v) is 3.93. The normalized spacial score (nSPS) is 11.5. The zero-order chi connectivity index (χ0) is 18.9. The molecule has 6 nitrogen and oxygen atoms in total. The lowest BCUT2D eigenvalue weighted by atomic mass is 10.1. The number of hydrogen-bond acceptors (Lipinski definition) is 5. The van der Waals surface area contributed by atoms with Crippen LogP contribution in [0.3, 0.4) is 0 Å². The number of carbonyl (C=O) groups is 1. The minimum absolute atomic E-state index is 0.197. The first-order chi connectivity index (χ1) is 12.5. The van der Waals surface area contributed by atoms with Crippen LogP contribution in [-0.4, -0.2) is 33.3 Å². The van der Waals surface area contributed by atoms with Crippen molar-refractivity contribution in [3.63, 3.8) is 0 Å². The van der Waals surface area contributed by atoms with Gasteiger partial charge < -0.3 is 25.3 Å². The van der Waals surface area contributed by atoms with Crippen molar-refractivity contribution in [1.29, 1.82) is 0 Å². The Kier molecular flexibility index (Phi) is 7.29. The van der Waals surface area contributed by atoms with Crippen molar-refractivity contribution < 1.29 is 19.0 Å². The van der Waals surface area contributed by atoms with Gasteiger partial charge in [-0.25, -0.2) is 0 Å². The topological polar surface area (TPSA) is 82.8 Å². The van der Waals surface area contributed by atoms with Crippen LogP contribution in [-0.2, 0) is 4.79 Å². The molecule has 0 heterocycles. The number of amides is 1. The smallest absolute Gasteiger partial charge is 0.241 e. The maximum Gasteiger partial charge on any atom is 0.241 e. The fourth-order valence-corrected chi connectivity index (χ4v) is 2.37. The van der Waals surface area contributed by atoms with Crippen LogP contribution in [0, 0.1) is 6.92 Å². The van der Waals surface area contributed by atoms with Gasteiger partial charge in [-0.05, 0) is 18.9 Å². The first kappa shape index (κ1) is 19.6. The first-order valence-corrected chi connectivity index (χ1v) is 8.49. The summed E-state index contributed by atoms with van der Waals surface area (Å²) < 4.78 is 16.1. The third-order valence-electron chi connectivity index (χ3n) is 3.93. The van der Waals surface area contributed by atoms with Crippen LogP contribution in [0.4, 0.5) is 0 Å². The Morgan fingerprint density at radius 3 is 2.19 bits per heavy atom. The average Bonchev–Trinajstić information content (AvgIpc) is 2.67. The van der Waals surface area contributed by atoms with Gasteiger partial charge >= 0.3 is 0 Å². The van der Waals surface area contributed by atoms with Crippen molar-refractivity contribution in [2.75, 3.05) is 27.4 Å². The summed E-state index contributed by atoms with van der Waals surface area (Å²) in [5.41, 5.74) is 7.92. The van der Waals surface area contributed by atoms with E-state index in [1.165, 1.54) is 0 Å². The molecule has 0 saturated heterocycles. The highest BCUT2D eigenvalue weighted by atomic mass is 16.5. The highest BCUT2D eigenvalue weighted by molar-refractivity contribution is 5.82. The van der Waals surface area contributed by atoms with Gasteiger partial charge in [-0.3, -0.25) is 4.79 Å². The largest absolute Gasteiger partial charge is 0.496 e. The van der Waals surface area contributed by atoms with E-state index in [-0.39, 0.29) is 5.91 Å². The summed E-state index contributed by atoms with van der Waals surface area (Å²) in [7, 11) is 3.18. The zero-order valence-electron chi connectivity index (χ0n) is 15.5. The summed E-state index contributed by atoms with van der Waals surface area (Å²) in [6, 6.07) is 12.3. The van der Waals surface area contributed by atoms with E-state index in [4.69, 9.17) is 19.9 Å². The second kappa shape index (κ2) is 9.68. The molecule has 2 aromatic carbocycles. The van der Waals surface area contributed by atoms with Gasteiger partial charge in [0.15, 0.2) is 0 Å². The molecular weight excluding hydrogens is 332 g/mol. The molecule has 6 heteroatoms. The molecule has 2 rings (SSSR count). The van der Waals surface area contributed by atoms with E-state index < -0.39 is 6.04 Å². The minimum atomic E-state index is -0.667. The van der Waals surface area contributed by atoms with Gasteiger partial charge in [-0.2, -0.15) is 0 Å². The van der Waals surface area contributed by atoms with Crippen molar-refractivity contribution >= 4 is 5.91 Å². The van der Waals surface area contributed by atoms with Crippen LogP contribution in [0.25, 0.3) is 0 Å². The Bertz CT molecular complexity index is 694. The standard InChI is InChI=1S/C20H26N2O4/c1-14-5-7-15(8-6-14)19(21)20(23)22-9-4-10-26-18-12-16(24-2)11-17(13-18)25-3/h5-8,11-13,19H,4,9-10,21H2,1-3H3,(H,22,23). The van der Waals surface area contributed by atoms with Crippen LogP contribution in [0.5, 0.6) is 17.2 Å². The Hall–Kier alpha value is -2.73. The predicted molar refractivity (Wildman–Crippen MR) is 101 cm³/mol. The number of rotatable bonds is 9. The van der Waals surface area contributed by atoms with E-state index in [2.05, 4.69) is 5.32 Å². The molecule has 0 aliphatic heterocycles. The summed E-state index contributed by atoms with van der Waals surface area (Å²) >= 11 is 0. The molecule has 0 aliphatic carbocycles. The van der Waals surface area contributed by atoms with Gasteiger partial charge in [-0.1, -0.05) is 29.8 Å². The molecule has 0 spiro atoms. The summed E-state index contributed by atoms with van der Waals surface area (Å²) in [4.78, 5) is 12.1. The van der Waals surface area contributed by atoms with Crippen LogP contribution < -0.4 is 25.3 Å². The summed E-state index contributed by atoms with van der Waals surface area (Å²) in [5, 5.41) is 2.83. The Morgan fingerprint density at radius 1 is 1.04 bits per heavy atom. The highest BCUT2D eigenvalue weighted by Crippen LogP contribution is 2.27. The molecule has 1 amide bonds. The van der Waals surface area contributed by atoms with Gasteiger partial charge in [-0.15, -0.1) is 0 Å². The molecule has 0 aromatic heterocycles. The lowest BCUT2D eigenvalue weighted by Crippen LogP contribution is -2.35. The number of nitrogens with two attached hydrogens (primary N) is 1. The summed E-state index contributed by atoms with van der Waals surface area (Å²) in [5.74, 6) is 1.79. The lowest BCUT2D eigenvalue weighted by Gasteiger charge is -2.13. The molecule has 0 saturated carbocycles. The molecule has 1 unspecified atom stereocenters. The van der Waals surface area contributed by atoms with Crippen LogP contribution >= 0.6 is 0 Å². The molecule has 0 aliphatic rings. The van der Waals surface area contributed by atoms with Crippen LogP contribution in [0.15, 0.2) is 42.5 Å². The Balaban J connectivity index is 1.75. The van der Waals surface area contributed by atoms with E-state index in [0.29, 0.717) is 36.8 Å². The predicted octanol–water partition coefficient (Wildman–Crippen LogP) is 2.60. The molecule has 0 bridgehead atoms. The van der Waals surface area contributed by atoms with Gasteiger partial charge in [0.2, 0.25) is 5.91 Å². The maximum absolute atomic E-state index is 12.1. The van der Waals surface area contributed by atoms with Gasteiger partial charge in [0.05, 0.1) is 20.8 Å². The maximum atomic E-state index is 12.1. The van der Waals surface area contributed by atoms with E-state index in [0.717, 1.165) is 11.1 Å². The number of aryl methyl sites for hydroxylation is 1. The highest BCUT2D eigenvalue weighted by Gasteiger charge is 2.14. The van der Waals surface area contributed by atoms with Crippen molar-refractivity contribution in [3.8, 4) is 17.2 Å². The molecule has 26 heavy (non-hydrogen) atoms. The number of methoxy groups -OCH3 is 2. The number of nitrogens with one attached hydrogen (secondary N) is 1. The summed E-state index contributed by atoms with van der Waals surface area (Å²) in [6.45, 7) is 2.93. The Labute approximate surface area is 154 Å². The van der Waals surface area contributed by atoms with Crippen molar-refractivity contribution in [2.24, 2.45) is 5.73 Å². The summed E-state index contributed by atoms with van der Waals surface area (Å²) in [6.07, 6.45) is 0.659. The zero-order valence-corrected chi connectivity index (χ0v) is 15.5. The lowest BCUT2D eigenvalue weighted by molar-refractivity contribution is -0.122. The molecule has 2 aromatic rings. The van der Waals surface area contributed by atoms with Crippen LogP contribution in [0.1, 0.15) is 23.6 Å². The van der Waals surface area contributed by atoms with E-state index in [1.54, 1.807) is 32.4 Å². The quantitative estimate of drug-likeness (QED) is 0.673. The fourth-order valence-electron chi connectivity index (χ4n) is 2.37. The van der Waals surface area contributed by atoms with E-state index in [1.807, 2.05) is 31.2 Å². The second-order valence-corrected chi connectivity index (χ2v) is 5.93. The molecule has 140 valence electrons. The second-order valence-electron chi connectivity index (χ2n) is 5.93. The number of ether oxygens (including phenoxy) is 3. The molecule has 0 radical (unpaired) electrons. The van der Waals surface area contributed by atoms with E-state index >= 15 is 0 Å². The minimum Gasteiger partial charge on any atom is -0.496 e. The van der Waals surface area contributed by atoms with Gasteiger partial charge in [0.1, 0.15) is 23.3 Å². The molecule has 0 fully saturated rings. The monoisotopic (exact) mass is 358 g/mol. The fraction of sp³-hybridized carbons (Fsp3) is 0.350. The van der Waals surface area contributed by atoms with Gasteiger partial charge in [0.25, 0.3) is 0 Å². The molecular formula is C20H26N2O4. The van der Waals surface area contributed by atoms with Crippen molar-refractivity contribution in [3.05, 3.63) is 53.6 Å². The van der Waals surface area contributed by atoms with Gasteiger partial charge in [0, 0.05) is 24.7 Å².